The number of halogens is 2. The lowest BCUT2D eigenvalue weighted by molar-refractivity contribution is 0.317. The Morgan fingerprint density at radius 3 is 2.73 bits per heavy atom. The molecular formula is C6H9ClFN3. The quantitative estimate of drug-likeness (QED) is 0.681. The lowest BCUT2D eigenvalue weighted by atomic mass is 10.2. The van der Waals surface area contributed by atoms with Gasteiger partial charge in [0.05, 0.1) is 18.4 Å². The highest BCUT2D eigenvalue weighted by Gasteiger charge is 2.18. The van der Waals surface area contributed by atoms with Gasteiger partial charge in [0.2, 0.25) is 0 Å². The highest BCUT2D eigenvalue weighted by molar-refractivity contribution is 5.85. The van der Waals surface area contributed by atoms with Crippen molar-refractivity contribution in [2.75, 3.05) is 13.1 Å². The summed E-state index contributed by atoms with van der Waals surface area (Å²) in [6, 6.07) is 0.365. The Morgan fingerprint density at radius 1 is 1.64 bits per heavy atom. The van der Waals surface area contributed by atoms with E-state index in [-0.39, 0.29) is 18.2 Å². The summed E-state index contributed by atoms with van der Waals surface area (Å²) in [4.78, 5) is 0. The zero-order valence-corrected chi connectivity index (χ0v) is 6.64. The fourth-order valence-corrected chi connectivity index (χ4v) is 0.975. The van der Waals surface area contributed by atoms with Crippen LogP contribution in [0.5, 0.6) is 0 Å². The maximum atomic E-state index is 12.3. The Labute approximate surface area is 70.0 Å². The van der Waals surface area contributed by atoms with Crippen LogP contribution in [0.1, 0.15) is 6.04 Å². The normalized spacial score (nSPS) is 17.2. The van der Waals surface area contributed by atoms with E-state index in [2.05, 4.69) is 10.4 Å². The number of aromatic nitrogens is 2. The molecule has 5 heteroatoms. The SMILES string of the molecule is Cl.Fc1cnn(C2CNC2)c1. The maximum Gasteiger partial charge on any atom is 0.161 e. The van der Waals surface area contributed by atoms with E-state index < -0.39 is 0 Å². The molecule has 1 aliphatic heterocycles. The van der Waals surface area contributed by atoms with Crippen LogP contribution in [0.2, 0.25) is 0 Å². The molecule has 1 saturated heterocycles. The second kappa shape index (κ2) is 3.19. The third-order valence-electron chi connectivity index (χ3n) is 1.70. The Balaban J connectivity index is 0.000000605. The molecule has 3 nitrogen and oxygen atoms in total. The van der Waals surface area contributed by atoms with Gasteiger partial charge in [0.25, 0.3) is 0 Å². The van der Waals surface area contributed by atoms with Crippen molar-refractivity contribution < 1.29 is 4.39 Å². The molecule has 1 aromatic heterocycles. The molecule has 0 atom stereocenters. The number of hydrogen-bond donors (Lipinski definition) is 1. The molecule has 0 radical (unpaired) electrons. The molecule has 0 saturated carbocycles. The number of hydrogen-bond acceptors (Lipinski definition) is 2. The Hall–Kier alpha value is -0.610. The summed E-state index contributed by atoms with van der Waals surface area (Å²) < 4.78 is 14.0. The van der Waals surface area contributed by atoms with Crippen molar-refractivity contribution in [1.82, 2.24) is 15.1 Å². The third-order valence-corrected chi connectivity index (χ3v) is 1.70. The van der Waals surface area contributed by atoms with Gasteiger partial charge in [0.15, 0.2) is 5.82 Å². The second-order valence-corrected chi connectivity index (χ2v) is 2.45. The van der Waals surface area contributed by atoms with Crippen LogP contribution >= 0.6 is 12.4 Å². The van der Waals surface area contributed by atoms with Crippen LogP contribution in [0.15, 0.2) is 12.4 Å². The molecule has 62 valence electrons. The summed E-state index contributed by atoms with van der Waals surface area (Å²) in [6.45, 7) is 1.81. The van der Waals surface area contributed by atoms with Crippen molar-refractivity contribution >= 4 is 12.4 Å². The van der Waals surface area contributed by atoms with Crippen LogP contribution in [0.25, 0.3) is 0 Å². The molecule has 2 rings (SSSR count). The molecule has 0 spiro atoms. The van der Waals surface area contributed by atoms with Crippen LogP contribution in [0.4, 0.5) is 4.39 Å². The molecule has 0 aliphatic carbocycles. The topological polar surface area (TPSA) is 29.9 Å². The lowest BCUT2D eigenvalue weighted by Crippen LogP contribution is -2.43. The Kier molecular flexibility index (Phi) is 2.46. The van der Waals surface area contributed by atoms with Gasteiger partial charge in [0.1, 0.15) is 0 Å². The molecule has 0 aromatic carbocycles. The van der Waals surface area contributed by atoms with Gasteiger partial charge < -0.3 is 5.32 Å². The molecule has 0 bridgehead atoms. The third kappa shape index (κ3) is 1.52. The first-order valence-electron chi connectivity index (χ1n) is 3.26. The summed E-state index contributed by atoms with van der Waals surface area (Å²) in [5.41, 5.74) is 0. The van der Waals surface area contributed by atoms with E-state index in [1.807, 2.05) is 0 Å². The van der Waals surface area contributed by atoms with Crippen molar-refractivity contribution in [3.8, 4) is 0 Å². The zero-order chi connectivity index (χ0) is 6.97. The predicted octanol–water partition coefficient (Wildman–Crippen LogP) is 0.588. The van der Waals surface area contributed by atoms with E-state index in [0.717, 1.165) is 13.1 Å². The largest absolute Gasteiger partial charge is 0.312 e. The molecule has 1 N–H and O–H groups in total. The minimum absolute atomic E-state index is 0. The van der Waals surface area contributed by atoms with Gasteiger partial charge in [-0.1, -0.05) is 0 Å². The minimum atomic E-state index is -0.257. The summed E-state index contributed by atoms with van der Waals surface area (Å²) in [6.07, 6.45) is 2.66. The summed E-state index contributed by atoms with van der Waals surface area (Å²) >= 11 is 0. The number of nitrogens with one attached hydrogen (secondary N) is 1. The standard InChI is InChI=1S/C6H8FN3.ClH/c7-5-1-9-10(4-5)6-2-8-3-6;/h1,4,6,8H,2-3H2;1H. The summed E-state index contributed by atoms with van der Waals surface area (Å²) in [7, 11) is 0. The zero-order valence-electron chi connectivity index (χ0n) is 5.83. The van der Waals surface area contributed by atoms with Crippen LogP contribution in [-0.2, 0) is 0 Å². The average molecular weight is 178 g/mol. The summed E-state index contributed by atoms with van der Waals surface area (Å²) in [5, 5.41) is 6.93. The van der Waals surface area contributed by atoms with E-state index in [9.17, 15) is 4.39 Å². The molecule has 1 aliphatic rings. The first-order chi connectivity index (χ1) is 4.86. The molecule has 2 heterocycles. The van der Waals surface area contributed by atoms with Crippen molar-refractivity contribution in [2.24, 2.45) is 0 Å². The smallest absolute Gasteiger partial charge is 0.161 e. The fourth-order valence-electron chi connectivity index (χ4n) is 0.975. The number of rotatable bonds is 1. The van der Waals surface area contributed by atoms with Gasteiger partial charge in [-0.15, -0.1) is 12.4 Å². The monoisotopic (exact) mass is 177 g/mol. The van der Waals surface area contributed by atoms with Crippen LogP contribution in [-0.4, -0.2) is 22.9 Å². The van der Waals surface area contributed by atoms with Gasteiger partial charge >= 0.3 is 0 Å². The van der Waals surface area contributed by atoms with Gasteiger partial charge in [-0.3, -0.25) is 4.68 Å². The van der Waals surface area contributed by atoms with Crippen molar-refractivity contribution in [1.29, 1.82) is 0 Å². The minimum Gasteiger partial charge on any atom is -0.312 e. The highest BCUT2D eigenvalue weighted by atomic mass is 35.5. The van der Waals surface area contributed by atoms with E-state index >= 15 is 0 Å². The van der Waals surface area contributed by atoms with Crippen LogP contribution < -0.4 is 5.32 Å². The van der Waals surface area contributed by atoms with E-state index in [0.29, 0.717) is 6.04 Å². The molecule has 0 unspecified atom stereocenters. The fraction of sp³-hybridized carbons (Fsp3) is 0.500. The average Bonchev–Trinajstić information content (AvgIpc) is 2.10. The van der Waals surface area contributed by atoms with Crippen molar-refractivity contribution in [3.63, 3.8) is 0 Å². The van der Waals surface area contributed by atoms with Crippen LogP contribution in [0.3, 0.4) is 0 Å². The Morgan fingerprint density at radius 2 is 2.36 bits per heavy atom. The molecule has 1 fully saturated rings. The van der Waals surface area contributed by atoms with Crippen molar-refractivity contribution in [2.45, 2.75) is 6.04 Å². The molecule has 1 aromatic rings. The lowest BCUT2D eigenvalue weighted by Gasteiger charge is -2.26. The molecule has 0 amide bonds. The number of nitrogens with zero attached hydrogens (tertiary/aromatic N) is 2. The first kappa shape index (κ1) is 8.49. The van der Waals surface area contributed by atoms with Crippen LogP contribution in [0, 0.1) is 5.82 Å². The van der Waals surface area contributed by atoms with Gasteiger partial charge in [-0.05, 0) is 0 Å². The predicted molar refractivity (Wildman–Crippen MR) is 41.3 cm³/mol. The second-order valence-electron chi connectivity index (χ2n) is 2.45. The van der Waals surface area contributed by atoms with Crippen molar-refractivity contribution in [3.05, 3.63) is 18.2 Å². The van der Waals surface area contributed by atoms with Gasteiger partial charge in [0, 0.05) is 13.1 Å². The molecule has 11 heavy (non-hydrogen) atoms. The van der Waals surface area contributed by atoms with E-state index in [1.54, 1.807) is 4.68 Å². The van der Waals surface area contributed by atoms with Gasteiger partial charge in [-0.2, -0.15) is 5.10 Å². The highest BCUT2D eigenvalue weighted by Crippen LogP contribution is 2.09. The van der Waals surface area contributed by atoms with E-state index in [4.69, 9.17) is 0 Å². The van der Waals surface area contributed by atoms with Gasteiger partial charge in [-0.25, -0.2) is 4.39 Å². The Bertz CT molecular complexity index is 233. The van der Waals surface area contributed by atoms with E-state index in [1.165, 1.54) is 12.4 Å². The summed E-state index contributed by atoms with van der Waals surface area (Å²) in [5.74, 6) is -0.257. The maximum absolute atomic E-state index is 12.3. The first-order valence-corrected chi connectivity index (χ1v) is 3.26. The molecular weight excluding hydrogens is 169 g/mol.